The lowest BCUT2D eigenvalue weighted by Crippen LogP contribution is -2.42. The molecule has 1 saturated heterocycles. The molecule has 1 aromatic carbocycles. The number of nitrogens with two attached hydrogens (primary N) is 1. The summed E-state index contributed by atoms with van der Waals surface area (Å²) in [5.74, 6) is 1.68. The average Bonchev–Trinajstić information content (AvgIpc) is 2.97. The summed E-state index contributed by atoms with van der Waals surface area (Å²) in [7, 11) is 0. The Bertz CT molecular complexity index is 683. The number of H-pyrrole nitrogens is 1. The van der Waals surface area contributed by atoms with Gasteiger partial charge in [-0.05, 0) is 44.2 Å². The monoisotopic (exact) mass is 314 g/mol. The Morgan fingerprint density at radius 3 is 2.83 bits per heavy atom. The molecule has 5 heteroatoms. The number of hydrogen-bond acceptors (Lipinski definition) is 3. The van der Waals surface area contributed by atoms with E-state index >= 15 is 0 Å². The minimum atomic E-state index is 0.227. The van der Waals surface area contributed by atoms with Crippen molar-refractivity contribution in [3.8, 4) is 0 Å². The van der Waals surface area contributed by atoms with E-state index in [-0.39, 0.29) is 11.9 Å². The molecule has 0 bridgehead atoms. The largest absolute Gasteiger partial charge is 0.343 e. The first kappa shape index (κ1) is 16.0. The third-order valence-corrected chi connectivity index (χ3v) is 4.98. The molecule has 124 valence electrons. The summed E-state index contributed by atoms with van der Waals surface area (Å²) < 4.78 is 0. The standard InChI is InChI=1S/C18H26N4O/c1-12-4-3-5-15-18(12)21-16(20-15)6-7-17(23)22-10-8-14(9-11-22)13(2)19/h3-5,13-14H,6-11,19H2,1-2H3,(H,20,21). The lowest BCUT2D eigenvalue weighted by Gasteiger charge is -2.33. The highest BCUT2D eigenvalue weighted by molar-refractivity contribution is 5.79. The number of likely N-dealkylation sites (tertiary alicyclic amines) is 1. The van der Waals surface area contributed by atoms with Crippen LogP contribution in [0, 0.1) is 12.8 Å². The number of benzene rings is 1. The molecule has 1 atom stereocenters. The quantitative estimate of drug-likeness (QED) is 0.910. The van der Waals surface area contributed by atoms with E-state index in [9.17, 15) is 4.79 Å². The number of aryl methyl sites for hydroxylation is 2. The number of amides is 1. The van der Waals surface area contributed by atoms with Crippen molar-refractivity contribution in [3.05, 3.63) is 29.6 Å². The van der Waals surface area contributed by atoms with Crippen LogP contribution in [0.2, 0.25) is 0 Å². The number of carbonyl (C=O) groups excluding carboxylic acids is 1. The smallest absolute Gasteiger partial charge is 0.223 e. The normalized spacial score (nSPS) is 17.6. The second-order valence-corrected chi connectivity index (χ2v) is 6.73. The fourth-order valence-corrected chi connectivity index (χ4v) is 3.40. The SMILES string of the molecule is Cc1cccc2[nH]c(CCC(=O)N3CCC(C(C)N)CC3)nc12. The molecule has 0 aliphatic carbocycles. The van der Waals surface area contributed by atoms with Crippen molar-refractivity contribution in [2.24, 2.45) is 11.7 Å². The first-order valence-electron chi connectivity index (χ1n) is 8.52. The van der Waals surface area contributed by atoms with Gasteiger partial charge in [-0.25, -0.2) is 4.98 Å². The third kappa shape index (κ3) is 3.55. The zero-order valence-electron chi connectivity index (χ0n) is 14.0. The van der Waals surface area contributed by atoms with E-state index in [4.69, 9.17) is 5.73 Å². The molecular formula is C18H26N4O. The highest BCUT2D eigenvalue weighted by atomic mass is 16.2. The number of nitrogens with zero attached hydrogens (tertiary/aromatic N) is 2. The molecule has 1 unspecified atom stereocenters. The molecule has 0 spiro atoms. The zero-order chi connectivity index (χ0) is 16.4. The molecule has 1 aliphatic heterocycles. The van der Waals surface area contributed by atoms with Gasteiger partial charge in [0.2, 0.25) is 5.91 Å². The van der Waals surface area contributed by atoms with Gasteiger partial charge in [0.05, 0.1) is 11.0 Å². The fraction of sp³-hybridized carbons (Fsp3) is 0.556. The summed E-state index contributed by atoms with van der Waals surface area (Å²) >= 11 is 0. The topological polar surface area (TPSA) is 75.0 Å². The van der Waals surface area contributed by atoms with Crippen LogP contribution in [-0.4, -0.2) is 39.9 Å². The maximum absolute atomic E-state index is 12.4. The molecule has 1 aromatic heterocycles. The number of carbonyl (C=O) groups is 1. The van der Waals surface area contributed by atoms with Crippen molar-refractivity contribution in [2.45, 2.75) is 45.6 Å². The van der Waals surface area contributed by atoms with Crippen LogP contribution < -0.4 is 5.73 Å². The lowest BCUT2D eigenvalue weighted by molar-refractivity contribution is -0.132. The van der Waals surface area contributed by atoms with Gasteiger partial charge >= 0.3 is 0 Å². The highest BCUT2D eigenvalue weighted by Gasteiger charge is 2.24. The maximum Gasteiger partial charge on any atom is 0.223 e. The Balaban J connectivity index is 1.55. The van der Waals surface area contributed by atoms with Gasteiger partial charge < -0.3 is 15.6 Å². The summed E-state index contributed by atoms with van der Waals surface area (Å²) in [6.45, 7) is 5.79. The summed E-state index contributed by atoms with van der Waals surface area (Å²) in [5.41, 5.74) is 9.17. The van der Waals surface area contributed by atoms with Gasteiger partial charge in [0.15, 0.2) is 0 Å². The zero-order valence-corrected chi connectivity index (χ0v) is 14.0. The highest BCUT2D eigenvalue weighted by Crippen LogP contribution is 2.21. The molecule has 2 aromatic rings. The van der Waals surface area contributed by atoms with Crippen molar-refractivity contribution < 1.29 is 4.79 Å². The van der Waals surface area contributed by atoms with Crippen LogP contribution in [0.3, 0.4) is 0 Å². The predicted molar refractivity (Wildman–Crippen MR) is 92.1 cm³/mol. The number of nitrogens with one attached hydrogen (secondary N) is 1. The second kappa shape index (κ2) is 6.71. The van der Waals surface area contributed by atoms with Crippen LogP contribution in [0.15, 0.2) is 18.2 Å². The predicted octanol–water partition coefficient (Wildman–Crippen LogP) is 2.39. The second-order valence-electron chi connectivity index (χ2n) is 6.73. The number of hydrogen-bond donors (Lipinski definition) is 2. The van der Waals surface area contributed by atoms with Crippen molar-refractivity contribution >= 4 is 16.9 Å². The van der Waals surface area contributed by atoms with Gasteiger partial charge in [-0.2, -0.15) is 0 Å². The molecule has 2 heterocycles. The van der Waals surface area contributed by atoms with Crippen LogP contribution in [0.1, 0.15) is 37.6 Å². The molecule has 5 nitrogen and oxygen atoms in total. The number of fused-ring (bicyclic) bond motifs is 1. The molecule has 3 rings (SSSR count). The van der Waals surface area contributed by atoms with Crippen molar-refractivity contribution in [1.29, 1.82) is 0 Å². The summed E-state index contributed by atoms with van der Waals surface area (Å²) in [6.07, 6.45) is 3.22. The van der Waals surface area contributed by atoms with Crippen LogP contribution in [-0.2, 0) is 11.2 Å². The summed E-state index contributed by atoms with van der Waals surface area (Å²) in [5, 5.41) is 0. The van der Waals surface area contributed by atoms with Gasteiger partial charge in [0, 0.05) is 32.0 Å². The van der Waals surface area contributed by atoms with Gasteiger partial charge in [-0.15, -0.1) is 0 Å². The first-order chi connectivity index (χ1) is 11.0. The minimum absolute atomic E-state index is 0.227. The molecule has 0 saturated carbocycles. The first-order valence-corrected chi connectivity index (χ1v) is 8.52. The van der Waals surface area contributed by atoms with E-state index in [0.717, 1.165) is 48.4 Å². The molecule has 1 fully saturated rings. The average molecular weight is 314 g/mol. The van der Waals surface area contributed by atoms with Crippen molar-refractivity contribution in [1.82, 2.24) is 14.9 Å². The van der Waals surface area contributed by atoms with Crippen molar-refractivity contribution in [3.63, 3.8) is 0 Å². The van der Waals surface area contributed by atoms with E-state index in [1.807, 2.05) is 17.0 Å². The number of piperidine rings is 1. The van der Waals surface area contributed by atoms with Crippen LogP contribution in [0.5, 0.6) is 0 Å². The van der Waals surface area contributed by atoms with E-state index in [0.29, 0.717) is 18.8 Å². The van der Waals surface area contributed by atoms with E-state index < -0.39 is 0 Å². The Hall–Kier alpha value is -1.88. The van der Waals surface area contributed by atoms with E-state index in [2.05, 4.69) is 29.9 Å². The Labute approximate surface area is 137 Å². The number of imidazole rings is 1. The Morgan fingerprint density at radius 1 is 1.43 bits per heavy atom. The van der Waals surface area contributed by atoms with Gasteiger partial charge in [-0.1, -0.05) is 12.1 Å². The number of para-hydroxylation sites is 1. The lowest BCUT2D eigenvalue weighted by atomic mass is 9.91. The molecule has 1 amide bonds. The van der Waals surface area contributed by atoms with Gasteiger partial charge in [-0.3, -0.25) is 4.79 Å². The Morgan fingerprint density at radius 2 is 2.17 bits per heavy atom. The maximum atomic E-state index is 12.4. The number of aromatic nitrogens is 2. The Kier molecular flexibility index (Phi) is 4.66. The third-order valence-electron chi connectivity index (χ3n) is 4.98. The minimum Gasteiger partial charge on any atom is -0.343 e. The molecule has 3 N–H and O–H groups in total. The molecule has 1 aliphatic rings. The van der Waals surface area contributed by atoms with E-state index in [1.54, 1.807) is 0 Å². The molecular weight excluding hydrogens is 288 g/mol. The van der Waals surface area contributed by atoms with Crippen LogP contribution in [0.4, 0.5) is 0 Å². The fourth-order valence-electron chi connectivity index (χ4n) is 3.40. The summed E-state index contributed by atoms with van der Waals surface area (Å²) in [6, 6.07) is 6.33. The van der Waals surface area contributed by atoms with Gasteiger partial charge in [0.25, 0.3) is 0 Å². The van der Waals surface area contributed by atoms with Crippen LogP contribution in [0.25, 0.3) is 11.0 Å². The van der Waals surface area contributed by atoms with E-state index in [1.165, 1.54) is 0 Å². The summed E-state index contributed by atoms with van der Waals surface area (Å²) in [4.78, 5) is 22.3. The number of aromatic amines is 1. The van der Waals surface area contributed by atoms with Crippen LogP contribution >= 0.6 is 0 Å². The molecule has 0 radical (unpaired) electrons. The molecule has 23 heavy (non-hydrogen) atoms. The number of rotatable bonds is 4. The van der Waals surface area contributed by atoms with Gasteiger partial charge in [0.1, 0.15) is 5.82 Å². The van der Waals surface area contributed by atoms with Crippen molar-refractivity contribution in [2.75, 3.05) is 13.1 Å².